The molecule has 0 amide bonds. The topological polar surface area (TPSA) is 20.2 Å². The molecular weight excluding hydrogens is 184 g/mol. The number of hydrogen-bond donors (Lipinski definition) is 1. The maximum Gasteiger partial charge on any atom is 0.0485 e. The molecule has 0 aliphatic rings. The fourth-order valence-electron chi connectivity index (χ4n) is 1.21. The fraction of sp³-hybridized carbons (Fsp3) is 0.714. The molecule has 0 saturated carbocycles. The molecular formula is C14H26O. The predicted molar refractivity (Wildman–Crippen MR) is 67.9 cm³/mol. The highest BCUT2D eigenvalue weighted by Gasteiger charge is 2.13. The van der Waals surface area contributed by atoms with E-state index in [9.17, 15) is 0 Å². The van der Waals surface area contributed by atoms with Crippen molar-refractivity contribution in [2.75, 3.05) is 6.61 Å². The Morgan fingerprint density at radius 1 is 1.13 bits per heavy atom. The van der Waals surface area contributed by atoms with Crippen molar-refractivity contribution in [3.63, 3.8) is 0 Å². The van der Waals surface area contributed by atoms with Crippen LogP contribution in [0, 0.1) is 5.41 Å². The normalized spacial score (nSPS) is 12.8. The molecule has 1 N–H and O–H groups in total. The zero-order valence-corrected chi connectivity index (χ0v) is 10.9. The molecule has 0 spiro atoms. The van der Waals surface area contributed by atoms with E-state index >= 15 is 0 Å². The third-order valence-corrected chi connectivity index (χ3v) is 2.52. The van der Waals surface area contributed by atoms with E-state index in [4.69, 9.17) is 5.11 Å². The Morgan fingerprint density at radius 2 is 1.73 bits per heavy atom. The van der Waals surface area contributed by atoms with Gasteiger partial charge in [-0.15, -0.1) is 0 Å². The quantitative estimate of drug-likeness (QED) is 0.655. The molecule has 0 atom stereocenters. The van der Waals surface area contributed by atoms with Gasteiger partial charge in [0.2, 0.25) is 0 Å². The summed E-state index contributed by atoms with van der Waals surface area (Å²) >= 11 is 0. The van der Waals surface area contributed by atoms with E-state index in [1.807, 2.05) is 0 Å². The molecule has 88 valence electrons. The summed E-state index contributed by atoms with van der Waals surface area (Å²) in [5.74, 6) is 0. The Hall–Kier alpha value is -0.560. The van der Waals surface area contributed by atoms with Crippen LogP contribution in [-0.4, -0.2) is 11.7 Å². The zero-order chi connectivity index (χ0) is 11.9. The number of rotatable bonds is 6. The lowest BCUT2D eigenvalue weighted by Gasteiger charge is -2.19. The highest BCUT2D eigenvalue weighted by atomic mass is 16.3. The summed E-state index contributed by atoms with van der Waals surface area (Å²) < 4.78 is 0. The third kappa shape index (κ3) is 8.44. The first-order valence-electron chi connectivity index (χ1n) is 5.77. The summed E-state index contributed by atoms with van der Waals surface area (Å²) in [6.45, 7) is 10.9. The van der Waals surface area contributed by atoms with Gasteiger partial charge in [-0.2, -0.15) is 0 Å². The maximum absolute atomic E-state index is 9.12. The van der Waals surface area contributed by atoms with E-state index in [1.54, 1.807) is 0 Å². The van der Waals surface area contributed by atoms with Gasteiger partial charge in [0.25, 0.3) is 0 Å². The number of allylic oxidation sites excluding steroid dienone is 4. The molecule has 0 radical (unpaired) electrons. The summed E-state index contributed by atoms with van der Waals surface area (Å²) in [7, 11) is 0. The van der Waals surface area contributed by atoms with Crippen LogP contribution in [0.15, 0.2) is 23.3 Å². The van der Waals surface area contributed by atoms with Gasteiger partial charge in [0.15, 0.2) is 0 Å². The van der Waals surface area contributed by atoms with Gasteiger partial charge in [0, 0.05) is 6.61 Å². The maximum atomic E-state index is 9.12. The molecule has 15 heavy (non-hydrogen) atoms. The minimum Gasteiger partial charge on any atom is -0.396 e. The number of hydrogen-bond acceptors (Lipinski definition) is 1. The first kappa shape index (κ1) is 14.4. The van der Waals surface area contributed by atoms with Crippen molar-refractivity contribution in [1.29, 1.82) is 0 Å². The smallest absolute Gasteiger partial charge is 0.0485 e. The Balaban J connectivity index is 3.95. The molecule has 0 aliphatic carbocycles. The van der Waals surface area contributed by atoms with Gasteiger partial charge in [0.05, 0.1) is 0 Å². The molecule has 1 nitrogen and oxygen atoms in total. The summed E-state index contributed by atoms with van der Waals surface area (Å²) in [5.41, 5.74) is 2.84. The van der Waals surface area contributed by atoms with Crippen molar-refractivity contribution in [2.45, 2.75) is 53.9 Å². The zero-order valence-electron chi connectivity index (χ0n) is 10.9. The largest absolute Gasteiger partial charge is 0.396 e. The molecule has 0 aromatic rings. The Kier molecular flexibility index (Phi) is 6.58. The van der Waals surface area contributed by atoms with Gasteiger partial charge in [-0.3, -0.25) is 0 Å². The second kappa shape index (κ2) is 6.84. The average Bonchev–Trinajstić information content (AvgIpc) is 2.14. The second-order valence-corrected chi connectivity index (χ2v) is 5.40. The SMILES string of the molecule is CC(C)=CCC/C(C)=C/CC(C)(C)CO. The Labute approximate surface area is 94.9 Å². The summed E-state index contributed by atoms with van der Waals surface area (Å²) in [6.07, 6.45) is 7.75. The van der Waals surface area contributed by atoms with Gasteiger partial charge >= 0.3 is 0 Å². The minimum atomic E-state index is 0.0256. The van der Waals surface area contributed by atoms with Crippen LogP contribution in [0.1, 0.15) is 53.9 Å². The molecule has 0 saturated heterocycles. The van der Waals surface area contributed by atoms with Gasteiger partial charge in [-0.1, -0.05) is 37.1 Å². The molecule has 0 fully saturated rings. The Morgan fingerprint density at radius 3 is 2.20 bits per heavy atom. The van der Waals surface area contributed by atoms with E-state index in [0.29, 0.717) is 0 Å². The molecule has 0 aromatic carbocycles. The van der Waals surface area contributed by atoms with Crippen molar-refractivity contribution >= 4 is 0 Å². The predicted octanol–water partition coefficient (Wildman–Crippen LogP) is 4.09. The van der Waals surface area contributed by atoms with Crippen molar-refractivity contribution < 1.29 is 5.11 Å². The van der Waals surface area contributed by atoms with Crippen molar-refractivity contribution in [3.05, 3.63) is 23.3 Å². The second-order valence-electron chi connectivity index (χ2n) is 5.40. The summed E-state index contributed by atoms with van der Waals surface area (Å²) in [4.78, 5) is 0. The van der Waals surface area contributed by atoms with Crippen molar-refractivity contribution in [1.82, 2.24) is 0 Å². The van der Waals surface area contributed by atoms with Crippen LogP contribution in [0.4, 0.5) is 0 Å². The molecule has 0 bridgehead atoms. The van der Waals surface area contributed by atoms with Crippen LogP contribution in [-0.2, 0) is 0 Å². The fourth-order valence-corrected chi connectivity index (χ4v) is 1.21. The lowest BCUT2D eigenvalue weighted by molar-refractivity contribution is 0.162. The van der Waals surface area contributed by atoms with Gasteiger partial charge < -0.3 is 5.11 Å². The molecule has 0 heterocycles. The van der Waals surface area contributed by atoms with Gasteiger partial charge in [0.1, 0.15) is 0 Å². The van der Waals surface area contributed by atoms with Gasteiger partial charge in [-0.25, -0.2) is 0 Å². The molecule has 0 unspecified atom stereocenters. The first-order chi connectivity index (χ1) is 6.87. The standard InChI is InChI=1S/C14H26O/c1-12(2)7-6-8-13(3)9-10-14(4,5)11-15/h7,9,15H,6,8,10-11H2,1-5H3/b13-9+. The van der Waals surface area contributed by atoms with Crippen LogP contribution in [0.5, 0.6) is 0 Å². The monoisotopic (exact) mass is 210 g/mol. The van der Waals surface area contributed by atoms with Crippen molar-refractivity contribution in [3.8, 4) is 0 Å². The molecule has 0 rings (SSSR count). The van der Waals surface area contributed by atoms with Crippen LogP contribution in [0.3, 0.4) is 0 Å². The highest BCUT2D eigenvalue weighted by molar-refractivity contribution is 5.03. The number of aliphatic hydroxyl groups excluding tert-OH is 1. The first-order valence-corrected chi connectivity index (χ1v) is 5.77. The van der Waals surface area contributed by atoms with E-state index in [0.717, 1.165) is 19.3 Å². The Bertz CT molecular complexity index is 230. The van der Waals surface area contributed by atoms with Gasteiger partial charge in [-0.05, 0) is 45.4 Å². The van der Waals surface area contributed by atoms with E-state index < -0.39 is 0 Å². The van der Waals surface area contributed by atoms with Crippen LogP contribution >= 0.6 is 0 Å². The van der Waals surface area contributed by atoms with Crippen LogP contribution in [0.25, 0.3) is 0 Å². The van der Waals surface area contributed by atoms with Crippen LogP contribution < -0.4 is 0 Å². The van der Waals surface area contributed by atoms with E-state index in [1.165, 1.54) is 11.1 Å². The summed E-state index contributed by atoms with van der Waals surface area (Å²) in [6, 6.07) is 0. The average molecular weight is 210 g/mol. The lowest BCUT2D eigenvalue weighted by atomic mass is 9.89. The van der Waals surface area contributed by atoms with E-state index in [-0.39, 0.29) is 12.0 Å². The highest BCUT2D eigenvalue weighted by Crippen LogP contribution is 2.21. The summed E-state index contributed by atoms with van der Waals surface area (Å²) in [5, 5.41) is 9.12. The molecule has 1 heteroatoms. The van der Waals surface area contributed by atoms with E-state index in [2.05, 4.69) is 46.8 Å². The number of aliphatic hydroxyl groups is 1. The van der Waals surface area contributed by atoms with Crippen LogP contribution in [0.2, 0.25) is 0 Å². The lowest BCUT2D eigenvalue weighted by Crippen LogP contribution is -2.15. The van der Waals surface area contributed by atoms with Crippen molar-refractivity contribution in [2.24, 2.45) is 5.41 Å². The third-order valence-electron chi connectivity index (χ3n) is 2.52. The molecule has 0 aliphatic heterocycles. The minimum absolute atomic E-state index is 0.0256. The molecule has 0 aromatic heterocycles.